The third-order valence-electron chi connectivity index (χ3n) is 2.82. The standard InChI is InChI=1S/C14H13BClNO4S/c1-20-11-7-2-3-8-12(11)21-14(22)17-10-6-4-5-9(13(10)16)15(18)19/h2-8,18-19H,1H3,(H,17,22). The van der Waals surface area contributed by atoms with Crippen LogP contribution in [0, 0.1) is 0 Å². The predicted octanol–water partition coefficient (Wildman–Crippen LogP) is 1.80. The number of hydrogen-bond acceptors (Lipinski definition) is 5. The minimum atomic E-state index is -1.67. The smallest absolute Gasteiger partial charge is 0.490 e. The molecule has 0 saturated carbocycles. The Bertz CT molecular complexity index is 684. The Kier molecular flexibility index (Phi) is 5.62. The van der Waals surface area contributed by atoms with Crippen LogP contribution in [0.2, 0.25) is 5.02 Å². The Labute approximate surface area is 138 Å². The first-order valence-corrected chi connectivity index (χ1v) is 7.08. The molecule has 0 spiro atoms. The van der Waals surface area contributed by atoms with Crippen molar-refractivity contribution in [3.8, 4) is 11.5 Å². The number of rotatable bonds is 4. The number of thiocarbonyl (C=S) groups is 1. The molecule has 0 radical (unpaired) electrons. The fourth-order valence-electron chi connectivity index (χ4n) is 1.78. The summed E-state index contributed by atoms with van der Waals surface area (Å²) in [6.07, 6.45) is 0. The first-order valence-electron chi connectivity index (χ1n) is 6.29. The van der Waals surface area contributed by atoms with Crippen LogP contribution in [0.1, 0.15) is 0 Å². The van der Waals surface area contributed by atoms with Crippen LogP contribution in [0.3, 0.4) is 0 Å². The maximum Gasteiger partial charge on any atom is 0.490 e. The molecule has 2 rings (SSSR count). The van der Waals surface area contributed by atoms with Gasteiger partial charge >= 0.3 is 7.12 Å². The van der Waals surface area contributed by atoms with Crippen LogP contribution >= 0.6 is 23.8 Å². The van der Waals surface area contributed by atoms with E-state index in [9.17, 15) is 10.0 Å². The summed E-state index contributed by atoms with van der Waals surface area (Å²) in [5, 5.41) is 21.5. The summed E-state index contributed by atoms with van der Waals surface area (Å²) >= 11 is 11.2. The van der Waals surface area contributed by atoms with Gasteiger partial charge in [0, 0.05) is 5.46 Å². The molecule has 2 aromatic carbocycles. The van der Waals surface area contributed by atoms with Crippen molar-refractivity contribution in [3.05, 3.63) is 47.5 Å². The number of anilines is 1. The molecular formula is C14H13BClNO4S. The number of ether oxygens (including phenoxy) is 2. The van der Waals surface area contributed by atoms with Crippen molar-refractivity contribution in [1.82, 2.24) is 0 Å². The zero-order valence-electron chi connectivity index (χ0n) is 11.6. The molecule has 22 heavy (non-hydrogen) atoms. The van der Waals surface area contributed by atoms with Crippen molar-refractivity contribution in [2.75, 3.05) is 12.4 Å². The molecule has 0 heterocycles. The molecule has 0 amide bonds. The normalized spacial score (nSPS) is 10.0. The number of halogens is 1. The highest BCUT2D eigenvalue weighted by Crippen LogP contribution is 2.27. The molecule has 0 atom stereocenters. The second kappa shape index (κ2) is 7.46. The van der Waals surface area contributed by atoms with Gasteiger partial charge in [0.05, 0.1) is 17.8 Å². The van der Waals surface area contributed by atoms with Gasteiger partial charge in [-0.2, -0.15) is 0 Å². The first-order chi connectivity index (χ1) is 10.5. The number of hydrogen-bond donors (Lipinski definition) is 3. The van der Waals surface area contributed by atoms with Gasteiger partial charge in [0.25, 0.3) is 5.17 Å². The highest BCUT2D eigenvalue weighted by Gasteiger charge is 2.18. The SMILES string of the molecule is COc1ccccc1OC(=S)Nc1cccc(B(O)O)c1Cl. The van der Waals surface area contributed by atoms with Gasteiger partial charge in [-0.15, -0.1) is 0 Å². The number of nitrogens with one attached hydrogen (secondary N) is 1. The van der Waals surface area contributed by atoms with Crippen molar-refractivity contribution in [3.63, 3.8) is 0 Å². The molecule has 0 aliphatic carbocycles. The van der Waals surface area contributed by atoms with Crippen molar-refractivity contribution in [2.24, 2.45) is 0 Å². The largest absolute Gasteiger partial charge is 0.493 e. The Balaban J connectivity index is 2.14. The van der Waals surface area contributed by atoms with Gasteiger partial charge in [-0.3, -0.25) is 0 Å². The van der Waals surface area contributed by atoms with Gasteiger partial charge in [-0.25, -0.2) is 0 Å². The Morgan fingerprint density at radius 2 is 1.82 bits per heavy atom. The Morgan fingerprint density at radius 1 is 1.14 bits per heavy atom. The van der Waals surface area contributed by atoms with E-state index in [0.29, 0.717) is 17.2 Å². The highest BCUT2D eigenvalue weighted by molar-refractivity contribution is 7.80. The molecule has 0 aliphatic rings. The van der Waals surface area contributed by atoms with Gasteiger partial charge in [-0.1, -0.05) is 35.9 Å². The van der Waals surface area contributed by atoms with Crippen LogP contribution in [0.25, 0.3) is 0 Å². The van der Waals surface area contributed by atoms with Crippen LogP contribution in [-0.2, 0) is 0 Å². The van der Waals surface area contributed by atoms with E-state index in [1.165, 1.54) is 13.2 Å². The lowest BCUT2D eigenvalue weighted by Crippen LogP contribution is -2.31. The zero-order chi connectivity index (χ0) is 16.1. The summed E-state index contributed by atoms with van der Waals surface area (Å²) < 4.78 is 10.7. The van der Waals surface area contributed by atoms with Crippen molar-refractivity contribution >= 4 is 47.3 Å². The van der Waals surface area contributed by atoms with Crippen LogP contribution in [-0.4, -0.2) is 29.5 Å². The molecule has 2 aromatic rings. The molecule has 114 valence electrons. The average Bonchev–Trinajstić information content (AvgIpc) is 2.49. The van der Waals surface area contributed by atoms with Gasteiger partial charge in [0.2, 0.25) is 0 Å². The minimum absolute atomic E-state index is 0.0518. The summed E-state index contributed by atoms with van der Waals surface area (Å²) in [5.74, 6) is 0.995. The molecule has 0 aliphatic heterocycles. The van der Waals surface area contributed by atoms with Gasteiger partial charge in [-0.05, 0) is 30.4 Å². The molecule has 0 bridgehead atoms. The van der Waals surface area contributed by atoms with Crippen LogP contribution < -0.4 is 20.3 Å². The summed E-state index contributed by atoms with van der Waals surface area (Å²) in [5.41, 5.74) is 0.582. The zero-order valence-corrected chi connectivity index (χ0v) is 13.2. The van der Waals surface area contributed by atoms with Crippen molar-refractivity contribution in [1.29, 1.82) is 0 Å². The van der Waals surface area contributed by atoms with Crippen molar-refractivity contribution in [2.45, 2.75) is 0 Å². The van der Waals surface area contributed by atoms with Crippen LogP contribution in [0.5, 0.6) is 11.5 Å². The van der Waals surface area contributed by atoms with E-state index in [-0.39, 0.29) is 15.7 Å². The molecule has 0 saturated heterocycles. The molecular weight excluding hydrogens is 324 g/mol. The number of para-hydroxylation sites is 2. The van der Waals surface area contributed by atoms with E-state index in [2.05, 4.69) is 5.32 Å². The molecule has 0 aromatic heterocycles. The van der Waals surface area contributed by atoms with Gasteiger partial charge in [0.15, 0.2) is 11.5 Å². The monoisotopic (exact) mass is 337 g/mol. The minimum Gasteiger partial charge on any atom is -0.493 e. The molecule has 0 fully saturated rings. The highest BCUT2D eigenvalue weighted by atomic mass is 35.5. The fraction of sp³-hybridized carbons (Fsp3) is 0.0714. The van der Waals surface area contributed by atoms with Crippen LogP contribution in [0.15, 0.2) is 42.5 Å². The van der Waals surface area contributed by atoms with Crippen molar-refractivity contribution < 1.29 is 19.5 Å². The third kappa shape index (κ3) is 3.89. The number of methoxy groups -OCH3 is 1. The Hall–Kier alpha value is -1.80. The summed E-state index contributed by atoms with van der Waals surface area (Å²) in [6, 6.07) is 11.8. The summed E-state index contributed by atoms with van der Waals surface area (Å²) in [4.78, 5) is 0. The second-order valence-electron chi connectivity index (χ2n) is 4.25. The molecule has 0 unspecified atom stereocenters. The first kappa shape index (κ1) is 16.6. The van der Waals surface area contributed by atoms with E-state index in [1.54, 1.807) is 30.3 Å². The summed E-state index contributed by atoms with van der Waals surface area (Å²) in [7, 11) is -0.139. The topological polar surface area (TPSA) is 71.0 Å². The second-order valence-corrected chi connectivity index (χ2v) is 5.00. The van der Waals surface area contributed by atoms with Gasteiger partial charge < -0.3 is 24.8 Å². The summed E-state index contributed by atoms with van der Waals surface area (Å²) in [6.45, 7) is 0. The maximum absolute atomic E-state index is 9.23. The quantitative estimate of drug-likeness (QED) is 0.584. The molecule has 5 nitrogen and oxygen atoms in total. The molecule has 8 heteroatoms. The van der Waals surface area contributed by atoms with E-state index < -0.39 is 7.12 Å². The average molecular weight is 338 g/mol. The lowest BCUT2D eigenvalue weighted by Gasteiger charge is -2.14. The van der Waals surface area contributed by atoms with E-state index in [0.717, 1.165) is 0 Å². The van der Waals surface area contributed by atoms with E-state index in [1.807, 2.05) is 6.07 Å². The molecule has 3 N–H and O–H groups in total. The predicted molar refractivity (Wildman–Crippen MR) is 91.1 cm³/mol. The lowest BCUT2D eigenvalue weighted by atomic mass is 9.80. The Morgan fingerprint density at radius 3 is 2.45 bits per heavy atom. The number of benzene rings is 2. The van der Waals surface area contributed by atoms with E-state index in [4.69, 9.17) is 33.3 Å². The maximum atomic E-state index is 9.23. The van der Waals surface area contributed by atoms with E-state index >= 15 is 0 Å². The van der Waals surface area contributed by atoms with Gasteiger partial charge in [0.1, 0.15) is 0 Å². The lowest BCUT2D eigenvalue weighted by molar-refractivity contribution is 0.392. The third-order valence-corrected chi connectivity index (χ3v) is 3.42. The fourth-order valence-corrected chi connectivity index (χ4v) is 2.25. The van der Waals surface area contributed by atoms with Crippen LogP contribution in [0.4, 0.5) is 5.69 Å².